The SMILES string of the molecule is CCC1(CC)C(=O)NC(=O)N2CN(CCc3ccc(Cl)cc3)CN=C21. The van der Waals surface area contributed by atoms with E-state index in [9.17, 15) is 9.59 Å². The summed E-state index contributed by atoms with van der Waals surface area (Å²) in [5.74, 6) is 0.390. The highest BCUT2D eigenvalue weighted by atomic mass is 35.5. The van der Waals surface area contributed by atoms with E-state index in [1.54, 1.807) is 4.90 Å². The van der Waals surface area contributed by atoms with Crippen molar-refractivity contribution in [3.05, 3.63) is 34.9 Å². The van der Waals surface area contributed by atoms with Crippen LogP contribution in [0.1, 0.15) is 32.3 Å². The number of carbonyl (C=O) groups is 2. The van der Waals surface area contributed by atoms with Gasteiger partial charge >= 0.3 is 6.03 Å². The number of fused-ring (bicyclic) bond motifs is 1. The molecule has 0 unspecified atom stereocenters. The summed E-state index contributed by atoms with van der Waals surface area (Å²) in [4.78, 5) is 33.0. The maximum atomic E-state index is 12.4. The van der Waals surface area contributed by atoms with Gasteiger partial charge in [-0.3, -0.25) is 24.9 Å². The molecule has 3 rings (SSSR count). The summed E-state index contributed by atoms with van der Waals surface area (Å²) >= 11 is 5.91. The van der Waals surface area contributed by atoms with Crippen LogP contribution in [-0.4, -0.2) is 47.5 Å². The molecule has 2 heterocycles. The summed E-state index contributed by atoms with van der Waals surface area (Å²) in [6.07, 6.45) is 2.11. The minimum absolute atomic E-state index is 0.230. The van der Waals surface area contributed by atoms with Gasteiger partial charge in [-0.2, -0.15) is 0 Å². The zero-order valence-electron chi connectivity index (χ0n) is 14.6. The van der Waals surface area contributed by atoms with E-state index in [4.69, 9.17) is 11.6 Å². The van der Waals surface area contributed by atoms with Gasteiger partial charge in [-0.05, 0) is 37.0 Å². The molecule has 1 fully saturated rings. The van der Waals surface area contributed by atoms with Gasteiger partial charge in [0, 0.05) is 11.6 Å². The summed E-state index contributed by atoms with van der Waals surface area (Å²) in [6.45, 7) is 5.66. The van der Waals surface area contributed by atoms with Crippen molar-refractivity contribution in [2.24, 2.45) is 10.4 Å². The molecule has 134 valence electrons. The number of halogens is 1. The lowest BCUT2D eigenvalue weighted by Crippen LogP contribution is -2.67. The summed E-state index contributed by atoms with van der Waals surface area (Å²) in [6, 6.07) is 7.39. The van der Waals surface area contributed by atoms with Crippen LogP contribution < -0.4 is 5.32 Å². The first-order valence-corrected chi connectivity index (χ1v) is 9.02. The first-order chi connectivity index (χ1) is 12.0. The van der Waals surface area contributed by atoms with Crippen LogP contribution in [-0.2, 0) is 11.2 Å². The number of hydrogen-bond acceptors (Lipinski definition) is 4. The van der Waals surface area contributed by atoms with E-state index < -0.39 is 5.41 Å². The highest BCUT2D eigenvalue weighted by molar-refractivity contribution is 6.30. The fraction of sp³-hybridized carbons (Fsp3) is 0.500. The van der Waals surface area contributed by atoms with Crippen LogP contribution >= 0.6 is 11.6 Å². The van der Waals surface area contributed by atoms with Crippen LogP contribution in [0.5, 0.6) is 0 Å². The average Bonchev–Trinajstić information content (AvgIpc) is 2.62. The number of carbonyl (C=O) groups excluding carboxylic acids is 2. The van der Waals surface area contributed by atoms with Crippen molar-refractivity contribution in [2.45, 2.75) is 33.1 Å². The Kier molecular flexibility index (Phi) is 5.11. The van der Waals surface area contributed by atoms with Crippen LogP contribution in [0.25, 0.3) is 0 Å². The summed E-state index contributed by atoms with van der Waals surface area (Å²) < 4.78 is 0. The second-order valence-corrected chi connectivity index (χ2v) is 6.95. The summed E-state index contributed by atoms with van der Waals surface area (Å²) in [5.41, 5.74) is 0.491. The van der Waals surface area contributed by atoms with Crippen molar-refractivity contribution in [1.82, 2.24) is 15.1 Å². The van der Waals surface area contributed by atoms with Gasteiger partial charge in [0.05, 0.1) is 13.3 Å². The van der Waals surface area contributed by atoms with E-state index in [-0.39, 0.29) is 11.9 Å². The van der Waals surface area contributed by atoms with E-state index in [1.165, 1.54) is 5.56 Å². The summed E-state index contributed by atoms with van der Waals surface area (Å²) in [5, 5.41) is 3.22. The zero-order chi connectivity index (χ0) is 18.0. The topological polar surface area (TPSA) is 65.0 Å². The molecule has 1 aromatic carbocycles. The minimum Gasteiger partial charge on any atom is -0.277 e. The molecule has 1 aromatic rings. The Morgan fingerprint density at radius 2 is 1.88 bits per heavy atom. The Hall–Kier alpha value is -1.92. The molecule has 0 aliphatic carbocycles. The monoisotopic (exact) mass is 362 g/mol. The van der Waals surface area contributed by atoms with Crippen LogP contribution in [0.4, 0.5) is 4.79 Å². The molecular formula is C18H23ClN4O2. The van der Waals surface area contributed by atoms with Gasteiger partial charge in [0.1, 0.15) is 11.3 Å². The van der Waals surface area contributed by atoms with Crippen LogP contribution in [0.15, 0.2) is 29.3 Å². The lowest BCUT2D eigenvalue weighted by atomic mass is 9.78. The molecule has 7 heteroatoms. The molecule has 2 aliphatic rings. The number of urea groups is 1. The molecule has 0 spiro atoms. The molecular weight excluding hydrogens is 340 g/mol. The molecule has 1 saturated heterocycles. The van der Waals surface area contributed by atoms with Gasteiger partial charge in [-0.1, -0.05) is 37.6 Å². The largest absolute Gasteiger partial charge is 0.330 e. The van der Waals surface area contributed by atoms with Crippen molar-refractivity contribution in [3.63, 3.8) is 0 Å². The van der Waals surface area contributed by atoms with Crippen molar-refractivity contribution in [1.29, 1.82) is 0 Å². The molecule has 0 aromatic heterocycles. The van der Waals surface area contributed by atoms with Crippen molar-refractivity contribution < 1.29 is 9.59 Å². The van der Waals surface area contributed by atoms with Crippen LogP contribution in [0.3, 0.4) is 0 Å². The minimum atomic E-state index is -0.698. The first-order valence-electron chi connectivity index (χ1n) is 8.65. The molecule has 6 nitrogen and oxygen atoms in total. The second-order valence-electron chi connectivity index (χ2n) is 6.51. The van der Waals surface area contributed by atoms with Gasteiger partial charge in [0.25, 0.3) is 0 Å². The van der Waals surface area contributed by atoms with Gasteiger partial charge in [0.2, 0.25) is 5.91 Å². The highest BCUT2D eigenvalue weighted by Crippen LogP contribution is 2.34. The fourth-order valence-electron chi connectivity index (χ4n) is 3.49. The highest BCUT2D eigenvalue weighted by Gasteiger charge is 2.50. The average molecular weight is 363 g/mol. The van der Waals surface area contributed by atoms with E-state index in [2.05, 4.69) is 15.2 Å². The molecule has 2 aliphatic heterocycles. The second kappa shape index (κ2) is 7.14. The quantitative estimate of drug-likeness (QED) is 0.875. The van der Waals surface area contributed by atoms with Crippen LogP contribution in [0.2, 0.25) is 5.02 Å². The third-order valence-electron chi connectivity index (χ3n) is 5.18. The van der Waals surface area contributed by atoms with Gasteiger partial charge in [-0.25, -0.2) is 4.79 Å². The molecule has 3 amide bonds. The van der Waals surface area contributed by atoms with Gasteiger partial charge in [0.15, 0.2) is 0 Å². The smallest absolute Gasteiger partial charge is 0.277 e. The molecule has 0 bridgehead atoms. The normalized spacial score (nSPS) is 20.1. The number of amides is 3. The molecule has 1 N–H and O–H groups in total. The number of amidine groups is 1. The Morgan fingerprint density at radius 1 is 1.20 bits per heavy atom. The number of rotatable bonds is 5. The van der Waals surface area contributed by atoms with E-state index in [0.717, 1.165) is 18.0 Å². The number of aliphatic imine (C=N–C) groups is 1. The van der Waals surface area contributed by atoms with Crippen molar-refractivity contribution in [3.8, 4) is 0 Å². The molecule has 25 heavy (non-hydrogen) atoms. The van der Waals surface area contributed by atoms with E-state index >= 15 is 0 Å². The van der Waals surface area contributed by atoms with E-state index in [0.29, 0.717) is 32.0 Å². The standard InChI is InChI=1S/C18H23ClN4O2/c1-3-18(4-2)15-20-11-22(12-23(15)17(25)21-16(18)24)10-9-13-5-7-14(19)8-6-13/h5-8H,3-4,9-12H2,1-2H3,(H,21,24,25). The number of nitrogens with one attached hydrogen (secondary N) is 1. The van der Waals surface area contributed by atoms with Gasteiger partial charge in [-0.15, -0.1) is 0 Å². The lowest BCUT2D eigenvalue weighted by molar-refractivity contribution is -0.128. The first kappa shape index (κ1) is 17.9. The third-order valence-corrected chi connectivity index (χ3v) is 5.43. The molecule has 0 atom stereocenters. The number of nitrogens with zero attached hydrogens (tertiary/aromatic N) is 3. The molecule has 0 saturated carbocycles. The predicted octanol–water partition coefficient (Wildman–Crippen LogP) is 2.87. The molecule has 0 radical (unpaired) electrons. The third kappa shape index (κ3) is 3.28. The Bertz CT molecular complexity index is 698. The van der Waals surface area contributed by atoms with Crippen molar-refractivity contribution >= 4 is 29.4 Å². The fourth-order valence-corrected chi connectivity index (χ4v) is 3.61. The number of imide groups is 1. The maximum absolute atomic E-state index is 12.4. The number of hydrogen-bond donors (Lipinski definition) is 1. The summed E-state index contributed by atoms with van der Waals surface area (Å²) in [7, 11) is 0. The Balaban J connectivity index is 1.73. The van der Waals surface area contributed by atoms with E-state index in [1.807, 2.05) is 38.1 Å². The Labute approximate surface area is 152 Å². The maximum Gasteiger partial charge on any atom is 0.330 e. The lowest BCUT2D eigenvalue weighted by Gasteiger charge is -2.45. The van der Waals surface area contributed by atoms with Gasteiger partial charge < -0.3 is 0 Å². The zero-order valence-corrected chi connectivity index (χ0v) is 15.3. The van der Waals surface area contributed by atoms with Crippen LogP contribution in [0, 0.1) is 5.41 Å². The number of benzene rings is 1. The predicted molar refractivity (Wildman–Crippen MR) is 97.4 cm³/mol. The Morgan fingerprint density at radius 3 is 2.52 bits per heavy atom. The van der Waals surface area contributed by atoms with Crippen molar-refractivity contribution in [2.75, 3.05) is 19.9 Å².